The second-order valence-electron chi connectivity index (χ2n) is 8.98. The summed E-state index contributed by atoms with van der Waals surface area (Å²) in [6.07, 6.45) is 10.2. The van der Waals surface area contributed by atoms with Crippen molar-refractivity contribution in [3.8, 4) is 0 Å². The molecule has 0 N–H and O–H groups in total. The van der Waals surface area contributed by atoms with Crippen LogP contribution in [0, 0.1) is 41.4 Å². The average molecular weight is 351 g/mol. The van der Waals surface area contributed by atoms with Crippen molar-refractivity contribution >= 4 is 5.97 Å². The highest BCUT2D eigenvalue weighted by atomic mass is 16.5. The van der Waals surface area contributed by atoms with Gasteiger partial charge in [-0.3, -0.25) is 4.79 Å². The molecule has 3 rings (SSSR count). The molecule has 0 aromatic carbocycles. The van der Waals surface area contributed by atoms with Gasteiger partial charge in [-0.1, -0.05) is 26.7 Å². The Bertz CT molecular complexity index is 449. The molecule has 0 aromatic rings. The van der Waals surface area contributed by atoms with Crippen LogP contribution in [0.5, 0.6) is 0 Å². The number of carbonyl (C=O) groups is 1. The van der Waals surface area contributed by atoms with Crippen LogP contribution in [-0.4, -0.2) is 25.8 Å². The fraction of sp³-hybridized carbons (Fsp3) is 0.955. The molecule has 0 aliphatic heterocycles. The van der Waals surface area contributed by atoms with Gasteiger partial charge in [0.1, 0.15) is 6.10 Å². The SMILES string of the molecule is CCC1CC(CC)C2C3CC(CC3CC(CCCOC)OC(C)=O)C12. The summed E-state index contributed by atoms with van der Waals surface area (Å²) in [7, 11) is 1.74. The number of methoxy groups -OCH3 is 1. The van der Waals surface area contributed by atoms with Crippen LogP contribution < -0.4 is 0 Å². The molecule has 0 amide bonds. The zero-order valence-electron chi connectivity index (χ0n) is 16.7. The van der Waals surface area contributed by atoms with Gasteiger partial charge in [-0.2, -0.15) is 0 Å². The maximum atomic E-state index is 11.5. The molecule has 0 spiro atoms. The van der Waals surface area contributed by atoms with Gasteiger partial charge in [0.05, 0.1) is 0 Å². The molecule has 144 valence electrons. The summed E-state index contributed by atoms with van der Waals surface area (Å²) < 4.78 is 10.9. The first kappa shape index (κ1) is 19.2. The number of fused-ring (bicyclic) bond motifs is 5. The van der Waals surface area contributed by atoms with Crippen molar-refractivity contribution in [3.05, 3.63) is 0 Å². The van der Waals surface area contributed by atoms with Crippen LogP contribution >= 0.6 is 0 Å². The molecule has 3 nitrogen and oxygen atoms in total. The molecule has 3 fully saturated rings. The van der Waals surface area contributed by atoms with E-state index in [1.54, 1.807) is 14.0 Å². The first-order valence-corrected chi connectivity index (χ1v) is 10.7. The molecule has 8 unspecified atom stereocenters. The van der Waals surface area contributed by atoms with E-state index in [1.165, 1.54) is 32.1 Å². The molecule has 3 aliphatic rings. The molecular weight excluding hydrogens is 312 g/mol. The Morgan fingerprint density at radius 2 is 1.76 bits per heavy atom. The quantitative estimate of drug-likeness (QED) is 0.430. The Morgan fingerprint density at radius 3 is 2.40 bits per heavy atom. The van der Waals surface area contributed by atoms with Crippen molar-refractivity contribution in [2.24, 2.45) is 41.4 Å². The molecule has 2 bridgehead atoms. The summed E-state index contributed by atoms with van der Waals surface area (Å²) in [5, 5.41) is 0. The van der Waals surface area contributed by atoms with Gasteiger partial charge in [0, 0.05) is 20.6 Å². The summed E-state index contributed by atoms with van der Waals surface area (Å²) in [6.45, 7) is 7.11. The van der Waals surface area contributed by atoms with Gasteiger partial charge in [0.2, 0.25) is 0 Å². The van der Waals surface area contributed by atoms with E-state index in [-0.39, 0.29) is 12.1 Å². The third-order valence-corrected chi connectivity index (χ3v) is 7.78. The predicted molar refractivity (Wildman–Crippen MR) is 100 cm³/mol. The van der Waals surface area contributed by atoms with Crippen LogP contribution in [-0.2, 0) is 14.3 Å². The van der Waals surface area contributed by atoms with Crippen LogP contribution in [0.4, 0.5) is 0 Å². The van der Waals surface area contributed by atoms with E-state index in [1.807, 2.05) is 0 Å². The fourth-order valence-electron chi connectivity index (χ4n) is 7.05. The number of carbonyl (C=O) groups excluding carboxylic acids is 1. The number of ether oxygens (including phenoxy) is 2. The summed E-state index contributed by atoms with van der Waals surface area (Å²) in [4.78, 5) is 11.5. The van der Waals surface area contributed by atoms with Crippen LogP contribution in [0.1, 0.15) is 72.1 Å². The van der Waals surface area contributed by atoms with Crippen LogP contribution in [0.15, 0.2) is 0 Å². The van der Waals surface area contributed by atoms with Gasteiger partial charge in [-0.25, -0.2) is 0 Å². The van der Waals surface area contributed by atoms with Gasteiger partial charge in [0.15, 0.2) is 0 Å². The maximum absolute atomic E-state index is 11.5. The van der Waals surface area contributed by atoms with Crippen molar-refractivity contribution in [2.45, 2.75) is 78.2 Å². The van der Waals surface area contributed by atoms with Crippen LogP contribution in [0.2, 0.25) is 0 Å². The van der Waals surface area contributed by atoms with Crippen molar-refractivity contribution < 1.29 is 14.3 Å². The zero-order chi connectivity index (χ0) is 18.0. The Hall–Kier alpha value is -0.570. The second kappa shape index (κ2) is 8.41. The average Bonchev–Trinajstić information content (AvgIpc) is 3.24. The largest absolute Gasteiger partial charge is 0.463 e. The highest BCUT2D eigenvalue weighted by Gasteiger charge is 2.59. The Labute approximate surface area is 154 Å². The molecular formula is C22H38O3. The van der Waals surface area contributed by atoms with Crippen LogP contribution in [0.3, 0.4) is 0 Å². The summed E-state index contributed by atoms with van der Waals surface area (Å²) in [5.41, 5.74) is 0. The minimum atomic E-state index is -0.123. The molecule has 0 radical (unpaired) electrons. The lowest BCUT2D eigenvalue weighted by Crippen LogP contribution is -2.32. The maximum Gasteiger partial charge on any atom is 0.302 e. The lowest BCUT2D eigenvalue weighted by atomic mass is 9.69. The Morgan fingerprint density at radius 1 is 1.04 bits per heavy atom. The molecule has 8 atom stereocenters. The highest BCUT2D eigenvalue weighted by Crippen LogP contribution is 2.66. The fourth-order valence-corrected chi connectivity index (χ4v) is 7.05. The lowest BCUT2D eigenvalue weighted by Gasteiger charge is -2.37. The van der Waals surface area contributed by atoms with Gasteiger partial charge in [0.25, 0.3) is 0 Å². The number of hydrogen-bond donors (Lipinski definition) is 0. The third kappa shape index (κ3) is 3.91. The van der Waals surface area contributed by atoms with Gasteiger partial charge >= 0.3 is 5.97 Å². The highest BCUT2D eigenvalue weighted by molar-refractivity contribution is 5.66. The van der Waals surface area contributed by atoms with Crippen molar-refractivity contribution in [1.82, 2.24) is 0 Å². The molecule has 0 saturated heterocycles. The molecule has 0 heterocycles. The molecule has 3 heteroatoms. The Balaban J connectivity index is 1.63. The summed E-state index contributed by atoms with van der Waals surface area (Å²) >= 11 is 0. The van der Waals surface area contributed by atoms with Gasteiger partial charge in [-0.05, 0) is 80.0 Å². The first-order valence-electron chi connectivity index (χ1n) is 10.7. The van der Waals surface area contributed by atoms with Crippen LogP contribution in [0.25, 0.3) is 0 Å². The Kier molecular flexibility index (Phi) is 6.46. The smallest absolute Gasteiger partial charge is 0.302 e. The minimum Gasteiger partial charge on any atom is -0.463 e. The standard InChI is InChI=1S/C22H38O3/c1-5-15-10-16(6-2)22-20-13-18(21(15)22)11-17(20)12-19(25-14(3)23)8-7-9-24-4/h15-22H,5-13H2,1-4H3. The van der Waals surface area contributed by atoms with E-state index >= 15 is 0 Å². The van der Waals surface area contributed by atoms with E-state index in [0.717, 1.165) is 67.3 Å². The zero-order valence-corrected chi connectivity index (χ0v) is 16.7. The van der Waals surface area contributed by atoms with Gasteiger partial charge < -0.3 is 9.47 Å². The van der Waals surface area contributed by atoms with Crippen molar-refractivity contribution in [2.75, 3.05) is 13.7 Å². The predicted octanol–water partition coefficient (Wildman–Crippen LogP) is 5.08. The van der Waals surface area contributed by atoms with E-state index in [0.29, 0.717) is 0 Å². The van der Waals surface area contributed by atoms with E-state index in [4.69, 9.17) is 9.47 Å². The second-order valence-corrected chi connectivity index (χ2v) is 8.98. The first-order chi connectivity index (χ1) is 12.1. The van der Waals surface area contributed by atoms with E-state index in [2.05, 4.69) is 13.8 Å². The van der Waals surface area contributed by atoms with E-state index in [9.17, 15) is 4.79 Å². The molecule has 3 aliphatic carbocycles. The lowest BCUT2D eigenvalue weighted by molar-refractivity contribution is -0.148. The number of hydrogen-bond acceptors (Lipinski definition) is 3. The van der Waals surface area contributed by atoms with Crippen molar-refractivity contribution in [3.63, 3.8) is 0 Å². The number of rotatable bonds is 9. The van der Waals surface area contributed by atoms with Gasteiger partial charge in [-0.15, -0.1) is 0 Å². The minimum absolute atomic E-state index is 0.0962. The molecule has 25 heavy (non-hydrogen) atoms. The topological polar surface area (TPSA) is 35.5 Å². The number of esters is 1. The van der Waals surface area contributed by atoms with E-state index < -0.39 is 0 Å². The normalized spacial score (nSPS) is 40.2. The molecule has 3 saturated carbocycles. The molecule has 0 aromatic heterocycles. The third-order valence-electron chi connectivity index (χ3n) is 7.78. The monoisotopic (exact) mass is 350 g/mol. The van der Waals surface area contributed by atoms with Crippen molar-refractivity contribution in [1.29, 1.82) is 0 Å². The summed E-state index contributed by atoms with van der Waals surface area (Å²) in [6, 6.07) is 0. The summed E-state index contributed by atoms with van der Waals surface area (Å²) in [5.74, 6) is 6.43.